The lowest BCUT2D eigenvalue weighted by atomic mass is 9.70. The van der Waals surface area contributed by atoms with Gasteiger partial charge in [0.05, 0.1) is 13.1 Å². The molecule has 5 rings (SSSR count). The Kier molecular flexibility index (Phi) is 4.87. The topological polar surface area (TPSA) is 137 Å². The van der Waals surface area contributed by atoms with Crippen LogP contribution in [0.15, 0.2) is 12.1 Å². The molecule has 3 amide bonds. The number of aromatic carboxylic acids is 1. The molecule has 30 heavy (non-hydrogen) atoms. The molecule has 1 aromatic carbocycles. The molecule has 1 aliphatic carbocycles. The standard InChI is InChI=1S/C18H20BN3O7.ClH/c1-28-11-3-2-8-4-12(19(27)29-14(8)13(11)15(23)24)22-16(25)18(21-17(22)26)6-10-5-9(18)7-20-10;/h2-3,9-10,12,20,27H,4-7H2,1H3,(H,21,26)(H,23,24);1H/t9-,10-,12-,18?;/m0./s1. The summed E-state index contributed by atoms with van der Waals surface area (Å²) >= 11 is 0. The summed E-state index contributed by atoms with van der Waals surface area (Å²) in [5.41, 5.74) is -0.649. The molecule has 1 spiro atoms. The summed E-state index contributed by atoms with van der Waals surface area (Å²) in [7, 11) is -0.207. The summed E-state index contributed by atoms with van der Waals surface area (Å²) < 4.78 is 10.6. The van der Waals surface area contributed by atoms with E-state index in [1.54, 1.807) is 6.07 Å². The van der Waals surface area contributed by atoms with Crippen molar-refractivity contribution in [3.8, 4) is 11.5 Å². The van der Waals surface area contributed by atoms with E-state index in [1.807, 2.05) is 0 Å². The number of nitrogens with zero attached hydrogens (tertiary/aromatic N) is 1. The third kappa shape index (κ3) is 2.69. The molecule has 160 valence electrons. The number of hydrogen-bond donors (Lipinski definition) is 4. The second-order valence-electron chi connectivity index (χ2n) is 8.03. The fourth-order valence-electron chi connectivity index (χ4n) is 5.25. The van der Waals surface area contributed by atoms with Crippen LogP contribution < -0.4 is 20.0 Å². The lowest BCUT2D eigenvalue weighted by molar-refractivity contribution is -0.133. The van der Waals surface area contributed by atoms with Gasteiger partial charge in [0.15, 0.2) is 0 Å². The van der Waals surface area contributed by atoms with Crippen molar-refractivity contribution in [2.75, 3.05) is 13.7 Å². The number of urea groups is 1. The molecule has 4 aliphatic rings. The van der Waals surface area contributed by atoms with Crippen molar-refractivity contribution in [2.24, 2.45) is 5.92 Å². The highest BCUT2D eigenvalue weighted by molar-refractivity contribution is 6.47. The van der Waals surface area contributed by atoms with Crippen LogP contribution >= 0.6 is 12.4 Å². The normalized spacial score (nSPS) is 31.3. The number of rotatable bonds is 3. The Bertz CT molecular complexity index is 947. The molecule has 1 saturated carbocycles. The van der Waals surface area contributed by atoms with Crippen LogP contribution in [-0.2, 0) is 11.2 Å². The van der Waals surface area contributed by atoms with E-state index in [1.165, 1.54) is 13.2 Å². The van der Waals surface area contributed by atoms with Gasteiger partial charge < -0.3 is 30.2 Å². The summed E-state index contributed by atoms with van der Waals surface area (Å²) in [6, 6.07) is 2.76. The molecule has 1 unspecified atom stereocenters. The predicted molar refractivity (Wildman–Crippen MR) is 106 cm³/mol. The van der Waals surface area contributed by atoms with Crippen molar-refractivity contribution in [3.63, 3.8) is 0 Å². The molecule has 3 fully saturated rings. The van der Waals surface area contributed by atoms with Crippen LogP contribution in [0.3, 0.4) is 0 Å². The van der Waals surface area contributed by atoms with Crippen LogP contribution in [0.25, 0.3) is 0 Å². The van der Waals surface area contributed by atoms with Crippen LogP contribution in [-0.4, -0.2) is 71.2 Å². The van der Waals surface area contributed by atoms with Gasteiger partial charge in [-0.1, -0.05) is 6.07 Å². The van der Waals surface area contributed by atoms with E-state index in [2.05, 4.69) is 10.6 Å². The highest BCUT2D eigenvalue weighted by Gasteiger charge is 2.64. The quantitative estimate of drug-likeness (QED) is 0.377. The molecule has 12 heteroatoms. The molecule has 10 nitrogen and oxygen atoms in total. The van der Waals surface area contributed by atoms with Crippen molar-refractivity contribution in [2.45, 2.75) is 36.8 Å². The molecule has 4 atom stereocenters. The van der Waals surface area contributed by atoms with Crippen molar-refractivity contribution in [1.82, 2.24) is 15.5 Å². The number of carbonyl (C=O) groups is 3. The number of hydrogen-bond acceptors (Lipinski definition) is 7. The minimum Gasteiger partial charge on any atom is -0.534 e. The fourth-order valence-corrected chi connectivity index (χ4v) is 5.25. The number of carboxylic acid groups (broad SMARTS) is 1. The number of imide groups is 1. The van der Waals surface area contributed by atoms with Gasteiger partial charge in [-0.05, 0) is 30.9 Å². The van der Waals surface area contributed by atoms with E-state index in [0.717, 1.165) is 11.3 Å². The number of methoxy groups -OCH3 is 1. The molecular formula is C18H21BClN3O7. The number of halogens is 1. The second kappa shape index (κ2) is 7.04. The highest BCUT2D eigenvalue weighted by Crippen LogP contribution is 2.45. The number of piperidine rings is 1. The fraction of sp³-hybridized carbons (Fsp3) is 0.500. The third-order valence-electron chi connectivity index (χ3n) is 6.60. The van der Waals surface area contributed by atoms with E-state index in [-0.39, 0.29) is 53.8 Å². The summed E-state index contributed by atoms with van der Waals surface area (Å²) in [5.74, 6) is -2.44. The number of ether oxygens (including phenoxy) is 1. The molecule has 3 aliphatic heterocycles. The van der Waals surface area contributed by atoms with Crippen LogP contribution in [0.5, 0.6) is 11.5 Å². The summed E-state index contributed by atoms with van der Waals surface area (Å²) in [6.07, 6.45) is 1.44. The highest BCUT2D eigenvalue weighted by atomic mass is 35.5. The van der Waals surface area contributed by atoms with Crippen molar-refractivity contribution in [3.05, 3.63) is 23.3 Å². The number of nitrogens with one attached hydrogen (secondary N) is 2. The Morgan fingerprint density at radius 3 is 2.77 bits per heavy atom. The van der Waals surface area contributed by atoms with Crippen LogP contribution in [0, 0.1) is 5.92 Å². The first-order valence-electron chi connectivity index (χ1n) is 9.53. The zero-order valence-electron chi connectivity index (χ0n) is 16.1. The van der Waals surface area contributed by atoms with Crippen molar-refractivity contribution >= 4 is 37.4 Å². The average molecular weight is 438 g/mol. The van der Waals surface area contributed by atoms with Gasteiger partial charge in [-0.2, -0.15) is 0 Å². The maximum atomic E-state index is 13.3. The summed E-state index contributed by atoms with van der Waals surface area (Å²) in [4.78, 5) is 38.8. The Labute approximate surface area is 178 Å². The van der Waals surface area contributed by atoms with Crippen molar-refractivity contribution < 1.29 is 33.9 Å². The van der Waals surface area contributed by atoms with E-state index in [9.17, 15) is 24.5 Å². The smallest absolute Gasteiger partial charge is 0.534 e. The molecule has 2 bridgehead atoms. The number of fused-ring (bicyclic) bond motifs is 4. The Morgan fingerprint density at radius 2 is 2.17 bits per heavy atom. The van der Waals surface area contributed by atoms with Gasteiger partial charge in [-0.3, -0.25) is 9.69 Å². The molecule has 0 aromatic heterocycles. The van der Waals surface area contributed by atoms with Crippen molar-refractivity contribution in [1.29, 1.82) is 0 Å². The molecule has 3 heterocycles. The van der Waals surface area contributed by atoms with Gasteiger partial charge in [0.2, 0.25) is 0 Å². The number of benzene rings is 1. The van der Waals surface area contributed by atoms with Gasteiger partial charge in [0, 0.05) is 18.5 Å². The second-order valence-corrected chi connectivity index (χ2v) is 8.03. The van der Waals surface area contributed by atoms with Crippen LogP contribution in [0.2, 0.25) is 0 Å². The Balaban J connectivity index is 0.00000218. The zero-order valence-corrected chi connectivity index (χ0v) is 16.9. The molecule has 2 saturated heterocycles. The third-order valence-corrected chi connectivity index (χ3v) is 6.60. The van der Waals surface area contributed by atoms with Crippen LogP contribution in [0.4, 0.5) is 4.79 Å². The van der Waals surface area contributed by atoms with Crippen LogP contribution in [0.1, 0.15) is 28.8 Å². The SMILES string of the molecule is COc1ccc2c(c1C(=O)O)OB(O)[C@@H](N1C(=O)NC3(C[C@@H]4C[C@H]3CN4)C1=O)C2.Cl. The van der Waals surface area contributed by atoms with E-state index >= 15 is 0 Å². The van der Waals surface area contributed by atoms with Gasteiger partial charge in [0.25, 0.3) is 5.91 Å². The van der Waals surface area contributed by atoms with E-state index in [4.69, 9.17) is 9.39 Å². The maximum Gasteiger partial charge on any atom is 0.547 e. The summed E-state index contributed by atoms with van der Waals surface area (Å²) in [6.45, 7) is 0.666. The first-order chi connectivity index (χ1) is 13.9. The Hall–Kier alpha value is -2.50. The minimum absolute atomic E-state index is 0. The molecule has 0 radical (unpaired) electrons. The van der Waals surface area contributed by atoms with Gasteiger partial charge in [-0.25, -0.2) is 9.59 Å². The number of carbonyl (C=O) groups excluding carboxylic acids is 2. The number of carboxylic acids is 1. The predicted octanol–water partition coefficient (Wildman–Crippen LogP) is -0.189. The lowest BCUT2D eigenvalue weighted by Crippen LogP contribution is -2.58. The largest absolute Gasteiger partial charge is 0.547 e. The van der Waals surface area contributed by atoms with E-state index in [0.29, 0.717) is 18.5 Å². The summed E-state index contributed by atoms with van der Waals surface area (Å²) in [5, 5.41) is 26.3. The average Bonchev–Trinajstić information content (AvgIpc) is 3.34. The first-order valence-corrected chi connectivity index (χ1v) is 9.53. The Morgan fingerprint density at radius 1 is 1.40 bits per heavy atom. The van der Waals surface area contributed by atoms with E-state index < -0.39 is 30.6 Å². The molecule has 4 N–H and O–H groups in total. The zero-order chi connectivity index (χ0) is 20.5. The molecular weight excluding hydrogens is 416 g/mol. The lowest BCUT2D eigenvalue weighted by Gasteiger charge is -2.35. The van der Waals surface area contributed by atoms with Gasteiger partial charge in [0.1, 0.15) is 22.6 Å². The maximum absolute atomic E-state index is 13.3. The minimum atomic E-state index is -1.55. The monoisotopic (exact) mass is 437 g/mol. The van der Waals surface area contributed by atoms with Gasteiger partial charge in [-0.15, -0.1) is 12.4 Å². The first kappa shape index (κ1) is 20.8. The molecule has 1 aromatic rings. The van der Waals surface area contributed by atoms with Gasteiger partial charge >= 0.3 is 19.1 Å². The number of amides is 3.